The smallest absolute Gasteiger partial charge is 0.251 e. The molecule has 2 aromatic carbocycles. The fourth-order valence-electron chi connectivity index (χ4n) is 2.24. The summed E-state index contributed by atoms with van der Waals surface area (Å²) in [6.07, 6.45) is 0.418. The quantitative estimate of drug-likeness (QED) is 0.890. The Bertz CT molecular complexity index is 636. The Labute approximate surface area is 130 Å². The zero-order valence-corrected chi connectivity index (χ0v) is 12.8. The number of anilines is 1. The lowest BCUT2D eigenvalue weighted by Crippen LogP contribution is -2.18. The predicted octanol–water partition coefficient (Wildman–Crippen LogP) is 3.18. The van der Waals surface area contributed by atoms with Crippen LogP contribution in [0.3, 0.4) is 0 Å². The predicted molar refractivity (Wildman–Crippen MR) is 87.9 cm³/mol. The second kappa shape index (κ2) is 7.41. The molecule has 2 rings (SSSR count). The molecular weight excluding hydrogens is 276 g/mol. The van der Waals surface area contributed by atoms with E-state index in [1.54, 1.807) is 31.3 Å². The van der Waals surface area contributed by atoms with Crippen molar-refractivity contribution in [3.05, 3.63) is 65.7 Å². The standard InChI is InChI=1S/C18H20N2O2/c1-13(14-6-4-3-5-7-14)12-17(21)20-16-10-8-15(9-11-16)18(22)19-2/h3-11,13H,12H2,1-2H3,(H,19,22)(H,20,21). The SMILES string of the molecule is CNC(=O)c1ccc(NC(=O)CC(C)c2ccccc2)cc1. The molecule has 114 valence electrons. The second-order valence-corrected chi connectivity index (χ2v) is 5.22. The van der Waals surface area contributed by atoms with E-state index >= 15 is 0 Å². The molecule has 0 fully saturated rings. The lowest BCUT2D eigenvalue weighted by atomic mass is 9.97. The van der Waals surface area contributed by atoms with E-state index in [0.29, 0.717) is 17.7 Å². The highest BCUT2D eigenvalue weighted by atomic mass is 16.2. The van der Waals surface area contributed by atoms with Gasteiger partial charge in [-0.2, -0.15) is 0 Å². The zero-order valence-electron chi connectivity index (χ0n) is 12.8. The van der Waals surface area contributed by atoms with Crippen molar-refractivity contribution < 1.29 is 9.59 Å². The first kappa shape index (κ1) is 15.8. The van der Waals surface area contributed by atoms with Crippen LogP contribution in [0.25, 0.3) is 0 Å². The van der Waals surface area contributed by atoms with Crippen molar-refractivity contribution in [2.45, 2.75) is 19.3 Å². The van der Waals surface area contributed by atoms with Gasteiger partial charge in [-0.25, -0.2) is 0 Å². The van der Waals surface area contributed by atoms with Crippen LogP contribution < -0.4 is 10.6 Å². The van der Waals surface area contributed by atoms with Gasteiger partial charge in [-0.15, -0.1) is 0 Å². The van der Waals surface area contributed by atoms with Crippen LogP contribution in [0, 0.1) is 0 Å². The topological polar surface area (TPSA) is 58.2 Å². The number of hydrogen-bond acceptors (Lipinski definition) is 2. The van der Waals surface area contributed by atoms with Gasteiger partial charge in [-0.05, 0) is 35.7 Å². The maximum absolute atomic E-state index is 12.1. The minimum Gasteiger partial charge on any atom is -0.355 e. The molecular formula is C18H20N2O2. The Hall–Kier alpha value is -2.62. The minimum atomic E-state index is -0.143. The molecule has 4 nitrogen and oxygen atoms in total. The van der Waals surface area contributed by atoms with Crippen LogP contribution in [0.4, 0.5) is 5.69 Å². The molecule has 1 atom stereocenters. The molecule has 0 heterocycles. The van der Waals surface area contributed by atoms with E-state index < -0.39 is 0 Å². The molecule has 0 spiro atoms. The lowest BCUT2D eigenvalue weighted by molar-refractivity contribution is -0.116. The fraction of sp³-hybridized carbons (Fsp3) is 0.222. The van der Waals surface area contributed by atoms with E-state index in [-0.39, 0.29) is 17.7 Å². The highest BCUT2D eigenvalue weighted by Crippen LogP contribution is 2.19. The van der Waals surface area contributed by atoms with Gasteiger partial charge in [0.15, 0.2) is 0 Å². The molecule has 0 aliphatic carbocycles. The van der Waals surface area contributed by atoms with E-state index in [9.17, 15) is 9.59 Å². The third-order valence-electron chi connectivity index (χ3n) is 3.52. The van der Waals surface area contributed by atoms with E-state index in [0.717, 1.165) is 5.56 Å². The monoisotopic (exact) mass is 296 g/mol. The largest absolute Gasteiger partial charge is 0.355 e. The summed E-state index contributed by atoms with van der Waals surface area (Å²) in [7, 11) is 1.59. The Morgan fingerprint density at radius 1 is 1.00 bits per heavy atom. The third-order valence-corrected chi connectivity index (χ3v) is 3.52. The summed E-state index contributed by atoms with van der Waals surface area (Å²) in [5.41, 5.74) is 2.41. The first-order valence-electron chi connectivity index (χ1n) is 7.27. The number of carbonyl (C=O) groups excluding carboxylic acids is 2. The summed E-state index contributed by atoms with van der Waals surface area (Å²) in [6.45, 7) is 2.03. The van der Waals surface area contributed by atoms with E-state index in [4.69, 9.17) is 0 Å². The highest BCUT2D eigenvalue weighted by molar-refractivity contribution is 5.95. The highest BCUT2D eigenvalue weighted by Gasteiger charge is 2.11. The molecule has 1 unspecified atom stereocenters. The number of nitrogens with one attached hydrogen (secondary N) is 2. The number of hydrogen-bond donors (Lipinski definition) is 2. The Morgan fingerprint density at radius 2 is 1.64 bits per heavy atom. The average Bonchev–Trinajstić information content (AvgIpc) is 2.55. The van der Waals surface area contributed by atoms with Crippen LogP contribution in [0.1, 0.15) is 35.2 Å². The summed E-state index contributed by atoms with van der Waals surface area (Å²) in [6, 6.07) is 16.8. The van der Waals surface area contributed by atoms with E-state index in [1.807, 2.05) is 37.3 Å². The van der Waals surface area contributed by atoms with Gasteiger partial charge in [-0.1, -0.05) is 37.3 Å². The maximum atomic E-state index is 12.1. The fourth-order valence-corrected chi connectivity index (χ4v) is 2.24. The number of rotatable bonds is 5. The average molecular weight is 296 g/mol. The molecule has 2 N–H and O–H groups in total. The van der Waals surface area contributed by atoms with Gasteiger partial charge in [0.25, 0.3) is 5.91 Å². The van der Waals surface area contributed by atoms with Crippen LogP contribution in [0.15, 0.2) is 54.6 Å². The molecule has 0 aliphatic heterocycles. The minimum absolute atomic E-state index is 0.0379. The van der Waals surface area contributed by atoms with Gasteiger partial charge >= 0.3 is 0 Å². The number of carbonyl (C=O) groups is 2. The van der Waals surface area contributed by atoms with Gasteiger partial charge in [0, 0.05) is 24.7 Å². The molecule has 2 aromatic rings. The second-order valence-electron chi connectivity index (χ2n) is 5.22. The summed E-state index contributed by atoms with van der Waals surface area (Å²) >= 11 is 0. The van der Waals surface area contributed by atoms with Crippen molar-refractivity contribution in [1.82, 2.24) is 5.32 Å². The lowest BCUT2D eigenvalue weighted by Gasteiger charge is -2.12. The van der Waals surface area contributed by atoms with Gasteiger partial charge in [0.2, 0.25) is 5.91 Å². The number of benzene rings is 2. The van der Waals surface area contributed by atoms with Crippen molar-refractivity contribution in [1.29, 1.82) is 0 Å². The third kappa shape index (κ3) is 4.19. The molecule has 22 heavy (non-hydrogen) atoms. The normalized spacial score (nSPS) is 11.5. The summed E-state index contributed by atoms with van der Waals surface area (Å²) in [5, 5.41) is 5.42. The summed E-state index contributed by atoms with van der Waals surface area (Å²) in [4.78, 5) is 23.5. The van der Waals surface area contributed by atoms with Gasteiger partial charge in [-0.3, -0.25) is 9.59 Å². The zero-order chi connectivity index (χ0) is 15.9. The molecule has 0 aliphatic rings. The Kier molecular flexibility index (Phi) is 5.31. The summed E-state index contributed by atoms with van der Waals surface area (Å²) in [5.74, 6) is -0.0223. The first-order valence-corrected chi connectivity index (χ1v) is 7.27. The van der Waals surface area contributed by atoms with Crippen LogP contribution in [0.5, 0.6) is 0 Å². The molecule has 0 aromatic heterocycles. The van der Waals surface area contributed by atoms with Crippen molar-refractivity contribution in [3.8, 4) is 0 Å². The van der Waals surface area contributed by atoms with Crippen molar-refractivity contribution in [2.24, 2.45) is 0 Å². The van der Waals surface area contributed by atoms with Crippen LogP contribution in [0.2, 0.25) is 0 Å². The molecule has 4 heteroatoms. The molecule has 0 saturated heterocycles. The molecule has 0 saturated carbocycles. The van der Waals surface area contributed by atoms with Gasteiger partial charge in [0.05, 0.1) is 0 Å². The van der Waals surface area contributed by atoms with Crippen molar-refractivity contribution in [3.63, 3.8) is 0 Å². The van der Waals surface area contributed by atoms with Gasteiger partial charge in [0.1, 0.15) is 0 Å². The first-order chi connectivity index (χ1) is 10.6. The summed E-state index contributed by atoms with van der Waals surface area (Å²) < 4.78 is 0. The Morgan fingerprint density at radius 3 is 2.23 bits per heavy atom. The Balaban J connectivity index is 1.93. The maximum Gasteiger partial charge on any atom is 0.251 e. The van der Waals surface area contributed by atoms with Crippen LogP contribution >= 0.6 is 0 Å². The van der Waals surface area contributed by atoms with Crippen LogP contribution in [-0.2, 0) is 4.79 Å². The van der Waals surface area contributed by atoms with Crippen LogP contribution in [-0.4, -0.2) is 18.9 Å². The number of amides is 2. The van der Waals surface area contributed by atoms with Crippen molar-refractivity contribution >= 4 is 17.5 Å². The molecule has 2 amide bonds. The molecule has 0 radical (unpaired) electrons. The van der Waals surface area contributed by atoms with Gasteiger partial charge < -0.3 is 10.6 Å². The van der Waals surface area contributed by atoms with E-state index in [2.05, 4.69) is 10.6 Å². The van der Waals surface area contributed by atoms with Crippen molar-refractivity contribution in [2.75, 3.05) is 12.4 Å². The molecule has 0 bridgehead atoms. The van der Waals surface area contributed by atoms with E-state index in [1.165, 1.54) is 0 Å².